The molecule has 2 rings (SSSR count). The van der Waals surface area contributed by atoms with E-state index in [1.807, 2.05) is 13.8 Å². The minimum absolute atomic E-state index is 0.162. The molecule has 4 nitrogen and oxygen atoms in total. The Morgan fingerprint density at radius 2 is 1.89 bits per heavy atom. The van der Waals surface area contributed by atoms with Crippen LogP contribution in [-0.4, -0.2) is 41.9 Å². The van der Waals surface area contributed by atoms with Crippen molar-refractivity contribution in [3.8, 4) is 0 Å². The van der Waals surface area contributed by atoms with Crippen LogP contribution in [0.5, 0.6) is 0 Å². The van der Waals surface area contributed by atoms with Gasteiger partial charge in [-0.3, -0.25) is 9.59 Å². The largest absolute Gasteiger partial charge is 0.370 e. The molecule has 0 aromatic heterocycles. The number of amides is 1. The number of carbonyl (C=O) groups is 2. The normalized spacial score (nSPS) is 33.2. The summed E-state index contributed by atoms with van der Waals surface area (Å²) >= 11 is 0. The van der Waals surface area contributed by atoms with Crippen LogP contribution in [0.15, 0.2) is 0 Å². The molecular weight excluding hydrogens is 230 g/mol. The summed E-state index contributed by atoms with van der Waals surface area (Å²) in [6, 6.07) is 0.189. The Morgan fingerprint density at radius 1 is 1.11 bits per heavy atom. The molecule has 18 heavy (non-hydrogen) atoms. The SMILES string of the molecule is CC1CCCOC1C(=O)C(=O)N1CCCCC1C. The van der Waals surface area contributed by atoms with Crippen molar-refractivity contribution in [2.45, 2.75) is 58.1 Å². The average Bonchev–Trinajstić information content (AvgIpc) is 2.38. The van der Waals surface area contributed by atoms with E-state index in [1.165, 1.54) is 0 Å². The minimum Gasteiger partial charge on any atom is -0.370 e. The van der Waals surface area contributed by atoms with Crippen LogP contribution in [0, 0.1) is 5.92 Å². The topological polar surface area (TPSA) is 46.6 Å². The molecule has 0 aliphatic carbocycles. The first kappa shape index (κ1) is 13.5. The van der Waals surface area contributed by atoms with Crippen molar-refractivity contribution < 1.29 is 14.3 Å². The minimum atomic E-state index is -0.514. The highest BCUT2D eigenvalue weighted by Gasteiger charge is 2.37. The zero-order valence-corrected chi connectivity index (χ0v) is 11.4. The molecule has 3 unspecified atom stereocenters. The van der Waals surface area contributed by atoms with E-state index < -0.39 is 6.10 Å². The molecule has 2 aliphatic heterocycles. The Bertz CT molecular complexity index is 297. The summed E-state index contributed by atoms with van der Waals surface area (Å²) in [7, 11) is 0. The van der Waals surface area contributed by atoms with Gasteiger partial charge in [-0.1, -0.05) is 6.92 Å². The fraction of sp³-hybridized carbons (Fsp3) is 0.857. The summed E-state index contributed by atoms with van der Waals surface area (Å²) in [5.74, 6) is -0.507. The van der Waals surface area contributed by atoms with Gasteiger partial charge in [0.15, 0.2) is 0 Å². The molecule has 0 radical (unpaired) electrons. The second-order valence-electron chi connectivity index (χ2n) is 5.62. The summed E-state index contributed by atoms with van der Waals surface area (Å²) in [5.41, 5.74) is 0. The quantitative estimate of drug-likeness (QED) is 0.705. The lowest BCUT2D eigenvalue weighted by molar-refractivity contribution is -0.156. The second kappa shape index (κ2) is 5.83. The molecule has 2 fully saturated rings. The molecule has 0 aromatic carbocycles. The molecule has 2 aliphatic rings. The Labute approximate surface area is 109 Å². The third-order valence-electron chi connectivity index (χ3n) is 4.15. The van der Waals surface area contributed by atoms with Crippen LogP contribution in [0.1, 0.15) is 46.0 Å². The van der Waals surface area contributed by atoms with Crippen LogP contribution >= 0.6 is 0 Å². The Morgan fingerprint density at radius 3 is 2.56 bits per heavy atom. The van der Waals surface area contributed by atoms with Gasteiger partial charge in [0.1, 0.15) is 6.10 Å². The predicted octanol–water partition coefficient (Wildman–Crippen LogP) is 1.77. The summed E-state index contributed by atoms with van der Waals surface area (Å²) in [6.07, 6.45) is 4.60. The maximum Gasteiger partial charge on any atom is 0.293 e. The number of Topliss-reactive ketones (excluding diaryl/α,β-unsaturated/α-hetero) is 1. The summed E-state index contributed by atoms with van der Waals surface area (Å²) in [6.45, 7) is 5.33. The molecule has 2 heterocycles. The van der Waals surface area contributed by atoms with E-state index in [4.69, 9.17) is 4.74 Å². The Balaban J connectivity index is 2.01. The Kier molecular flexibility index (Phi) is 4.38. The molecule has 0 aromatic rings. The number of likely N-dealkylation sites (tertiary alicyclic amines) is 1. The van der Waals surface area contributed by atoms with Gasteiger partial charge in [-0.2, -0.15) is 0 Å². The smallest absolute Gasteiger partial charge is 0.293 e. The van der Waals surface area contributed by atoms with Crippen molar-refractivity contribution in [1.29, 1.82) is 0 Å². The van der Waals surface area contributed by atoms with Gasteiger partial charge in [-0.05, 0) is 44.9 Å². The second-order valence-corrected chi connectivity index (χ2v) is 5.62. The lowest BCUT2D eigenvalue weighted by Gasteiger charge is -2.35. The summed E-state index contributed by atoms with van der Waals surface area (Å²) < 4.78 is 5.50. The van der Waals surface area contributed by atoms with E-state index in [0.29, 0.717) is 13.2 Å². The summed E-state index contributed by atoms with van der Waals surface area (Å²) in [5, 5.41) is 0. The Hall–Kier alpha value is -0.900. The zero-order chi connectivity index (χ0) is 13.1. The number of hydrogen-bond acceptors (Lipinski definition) is 3. The van der Waals surface area contributed by atoms with Gasteiger partial charge < -0.3 is 9.64 Å². The van der Waals surface area contributed by atoms with Gasteiger partial charge in [0, 0.05) is 19.2 Å². The monoisotopic (exact) mass is 253 g/mol. The van der Waals surface area contributed by atoms with Gasteiger partial charge in [0.05, 0.1) is 0 Å². The number of nitrogens with zero attached hydrogens (tertiary/aromatic N) is 1. The van der Waals surface area contributed by atoms with Crippen LogP contribution in [-0.2, 0) is 14.3 Å². The van der Waals surface area contributed by atoms with E-state index >= 15 is 0 Å². The van der Waals surface area contributed by atoms with Crippen LogP contribution in [0.3, 0.4) is 0 Å². The average molecular weight is 253 g/mol. The zero-order valence-electron chi connectivity index (χ0n) is 11.4. The number of piperidine rings is 1. The molecular formula is C14H23NO3. The first-order valence-corrected chi connectivity index (χ1v) is 7.07. The highest BCUT2D eigenvalue weighted by Crippen LogP contribution is 2.23. The molecule has 0 spiro atoms. The van der Waals surface area contributed by atoms with Crippen molar-refractivity contribution in [3.63, 3.8) is 0 Å². The van der Waals surface area contributed by atoms with Gasteiger partial charge in [-0.25, -0.2) is 0 Å². The lowest BCUT2D eigenvalue weighted by Crippen LogP contribution is -2.50. The molecule has 0 bridgehead atoms. The first-order chi connectivity index (χ1) is 8.61. The summed E-state index contributed by atoms with van der Waals surface area (Å²) in [4.78, 5) is 26.2. The van der Waals surface area contributed by atoms with E-state index in [0.717, 1.165) is 32.1 Å². The van der Waals surface area contributed by atoms with Crippen molar-refractivity contribution in [3.05, 3.63) is 0 Å². The van der Waals surface area contributed by atoms with Gasteiger partial charge in [0.2, 0.25) is 5.78 Å². The third-order valence-corrected chi connectivity index (χ3v) is 4.15. The van der Waals surface area contributed by atoms with E-state index in [9.17, 15) is 9.59 Å². The fourth-order valence-electron chi connectivity index (χ4n) is 2.93. The molecule has 102 valence electrons. The van der Waals surface area contributed by atoms with Crippen LogP contribution in [0.4, 0.5) is 0 Å². The van der Waals surface area contributed by atoms with Gasteiger partial charge in [0.25, 0.3) is 5.91 Å². The fourth-order valence-corrected chi connectivity index (χ4v) is 2.93. The van der Waals surface area contributed by atoms with E-state index in [1.54, 1.807) is 4.90 Å². The maximum absolute atomic E-state index is 12.2. The van der Waals surface area contributed by atoms with Crippen LogP contribution in [0.2, 0.25) is 0 Å². The van der Waals surface area contributed by atoms with E-state index in [2.05, 4.69) is 0 Å². The van der Waals surface area contributed by atoms with Crippen LogP contribution in [0.25, 0.3) is 0 Å². The highest BCUT2D eigenvalue weighted by atomic mass is 16.5. The van der Waals surface area contributed by atoms with Crippen LogP contribution < -0.4 is 0 Å². The first-order valence-electron chi connectivity index (χ1n) is 7.07. The molecule has 3 atom stereocenters. The predicted molar refractivity (Wildman–Crippen MR) is 68.2 cm³/mol. The van der Waals surface area contributed by atoms with Gasteiger partial charge >= 0.3 is 0 Å². The number of rotatable bonds is 2. The number of ketones is 1. The molecule has 4 heteroatoms. The molecule has 2 saturated heterocycles. The van der Waals surface area contributed by atoms with Crippen molar-refractivity contribution >= 4 is 11.7 Å². The molecule has 0 saturated carbocycles. The van der Waals surface area contributed by atoms with Crippen molar-refractivity contribution in [2.75, 3.05) is 13.2 Å². The molecule has 0 N–H and O–H groups in total. The third kappa shape index (κ3) is 2.74. The lowest BCUT2D eigenvalue weighted by atomic mass is 9.92. The van der Waals surface area contributed by atoms with Crippen molar-refractivity contribution in [1.82, 2.24) is 4.90 Å². The highest BCUT2D eigenvalue weighted by molar-refractivity contribution is 6.38. The number of ether oxygens (including phenoxy) is 1. The standard InChI is InChI=1S/C14H23NO3/c1-10-6-5-9-18-13(10)12(16)14(17)15-8-4-3-7-11(15)2/h10-11,13H,3-9H2,1-2H3. The molecule has 1 amide bonds. The maximum atomic E-state index is 12.2. The number of carbonyl (C=O) groups excluding carboxylic acids is 2. The van der Waals surface area contributed by atoms with E-state index in [-0.39, 0.29) is 23.7 Å². The number of hydrogen-bond donors (Lipinski definition) is 0. The van der Waals surface area contributed by atoms with Crippen molar-refractivity contribution in [2.24, 2.45) is 5.92 Å². The van der Waals surface area contributed by atoms with Gasteiger partial charge in [-0.15, -0.1) is 0 Å².